The topological polar surface area (TPSA) is 66.1 Å². The molecule has 27 heavy (non-hydrogen) atoms. The van der Waals surface area contributed by atoms with Gasteiger partial charge in [0.25, 0.3) is 5.56 Å². The number of aromatic amines is 1. The van der Waals surface area contributed by atoms with E-state index in [-0.39, 0.29) is 24.1 Å². The van der Waals surface area contributed by atoms with Gasteiger partial charge < -0.3 is 9.88 Å². The van der Waals surface area contributed by atoms with Crippen LogP contribution in [0.15, 0.2) is 65.5 Å². The number of hydrogen-bond donors (Lipinski definition) is 1. The summed E-state index contributed by atoms with van der Waals surface area (Å²) in [6.45, 7) is 6.06. The molecule has 0 saturated carbocycles. The van der Waals surface area contributed by atoms with E-state index in [1.54, 1.807) is 29.2 Å². The summed E-state index contributed by atoms with van der Waals surface area (Å²) in [7, 11) is 0. The van der Waals surface area contributed by atoms with Crippen LogP contribution in [-0.2, 0) is 11.3 Å². The minimum absolute atomic E-state index is 0.0332. The van der Waals surface area contributed by atoms with Crippen molar-refractivity contribution in [1.82, 2.24) is 14.9 Å². The molecule has 0 aliphatic carbocycles. The molecule has 0 atom stereocenters. The van der Waals surface area contributed by atoms with Gasteiger partial charge >= 0.3 is 0 Å². The van der Waals surface area contributed by atoms with Crippen molar-refractivity contribution in [2.45, 2.75) is 33.4 Å². The lowest BCUT2D eigenvalue weighted by molar-refractivity contribution is -0.128. The Morgan fingerprint density at radius 2 is 1.78 bits per heavy atom. The molecule has 0 aliphatic rings. The van der Waals surface area contributed by atoms with Crippen LogP contribution in [0.3, 0.4) is 0 Å². The number of carbonyl (C=O) groups excluding carboxylic acids is 1. The predicted octanol–water partition coefficient (Wildman–Crippen LogP) is 3.76. The number of fused-ring (bicyclic) bond motifs is 1. The van der Waals surface area contributed by atoms with Gasteiger partial charge in [0.15, 0.2) is 0 Å². The molecule has 0 fully saturated rings. The van der Waals surface area contributed by atoms with Crippen molar-refractivity contribution in [2.75, 3.05) is 0 Å². The lowest BCUT2D eigenvalue weighted by Gasteiger charge is -2.25. The quantitative estimate of drug-likeness (QED) is 0.704. The number of H-pyrrole nitrogens is 1. The lowest BCUT2D eigenvalue weighted by atomic mass is 10.1. The van der Waals surface area contributed by atoms with Crippen LogP contribution in [-0.4, -0.2) is 26.8 Å². The number of aromatic nitrogens is 2. The summed E-state index contributed by atoms with van der Waals surface area (Å²) in [4.78, 5) is 34.1. The number of hydrogen-bond acceptors (Lipinski definition) is 3. The molecule has 3 rings (SSSR count). The second-order valence-electron chi connectivity index (χ2n) is 6.78. The summed E-state index contributed by atoms with van der Waals surface area (Å²) in [5.41, 5.74) is 2.34. The number of amides is 1. The van der Waals surface area contributed by atoms with Crippen molar-refractivity contribution in [3.8, 4) is 0 Å². The van der Waals surface area contributed by atoms with Gasteiger partial charge in [0.05, 0.1) is 17.4 Å². The van der Waals surface area contributed by atoms with E-state index in [0.717, 1.165) is 11.1 Å². The first-order chi connectivity index (χ1) is 13.0. The molecular weight excluding hydrogens is 338 g/mol. The number of carbonyl (C=O) groups is 1. The molecule has 0 spiro atoms. The van der Waals surface area contributed by atoms with Crippen LogP contribution in [0, 0.1) is 0 Å². The van der Waals surface area contributed by atoms with E-state index in [4.69, 9.17) is 0 Å². The Hall–Kier alpha value is -3.21. The van der Waals surface area contributed by atoms with Crippen LogP contribution >= 0.6 is 0 Å². The first-order valence-corrected chi connectivity index (χ1v) is 8.98. The Bertz CT molecular complexity index is 1040. The monoisotopic (exact) mass is 361 g/mol. The minimum atomic E-state index is -0.192. The molecule has 1 aromatic heterocycles. The molecule has 1 N–H and O–H groups in total. The molecule has 1 amide bonds. The smallest absolute Gasteiger partial charge is 0.258 e. The highest BCUT2D eigenvalue weighted by Gasteiger charge is 2.17. The third kappa shape index (κ3) is 4.31. The molecule has 3 aromatic rings. The summed E-state index contributed by atoms with van der Waals surface area (Å²) in [5, 5.41) is 0.545. The molecule has 2 aromatic carbocycles. The van der Waals surface area contributed by atoms with Crippen molar-refractivity contribution in [3.05, 3.63) is 82.4 Å². The maximum Gasteiger partial charge on any atom is 0.258 e. The summed E-state index contributed by atoms with van der Waals surface area (Å²) in [6, 6.07) is 16.9. The minimum Gasteiger partial charge on any atom is -0.329 e. The molecule has 0 radical (unpaired) electrons. The first-order valence-electron chi connectivity index (χ1n) is 8.98. The van der Waals surface area contributed by atoms with Gasteiger partial charge in [-0.15, -0.1) is 0 Å². The number of para-hydroxylation sites is 1. The number of allylic oxidation sites excluding steroid dienone is 1. The van der Waals surface area contributed by atoms with Crippen molar-refractivity contribution in [3.63, 3.8) is 0 Å². The Morgan fingerprint density at radius 1 is 1.11 bits per heavy atom. The van der Waals surface area contributed by atoms with Crippen LogP contribution in [0.4, 0.5) is 0 Å². The molecule has 138 valence electrons. The van der Waals surface area contributed by atoms with Gasteiger partial charge in [0, 0.05) is 12.1 Å². The van der Waals surface area contributed by atoms with E-state index in [0.29, 0.717) is 16.7 Å². The highest BCUT2D eigenvalue weighted by atomic mass is 16.2. The van der Waals surface area contributed by atoms with Crippen LogP contribution in [0.2, 0.25) is 0 Å². The normalized spacial score (nSPS) is 11.8. The van der Waals surface area contributed by atoms with Crippen molar-refractivity contribution < 1.29 is 4.79 Å². The van der Waals surface area contributed by atoms with E-state index < -0.39 is 0 Å². The maximum absolute atomic E-state index is 12.9. The van der Waals surface area contributed by atoms with E-state index in [1.165, 1.54) is 0 Å². The van der Waals surface area contributed by atoms with Gasteiger partial charge in [-0.05, 0) is 44.0 Å². The Balaban J connectivity index is 1.88. The third-order valence-electron chi connectivity index (χ3n) is 4.46. The van der Waals surface area contributed by atoms with E-state index in [9.17, 15) is 9.59 Å². The zero-order valence-electron chi connectivity index (χ0n) is 15.8. The number of rotatable bonds is 5. The number of nitrogens with zero attached hydrogens (tertiary/aromatic N) is 2. The molecular formula is C22H23N3O2. The van der Waals surface area contributed by atoms with Crippen molar-refractivity contribution >= 4 is 22.4 Å². The van der Waals surface area contributed by atoms with Crippen LogP contribution < -0.4 is 5.56 Å². The third-order valence-corrected chi connectivity index (χ3v) is 4.46. The number of benzene rings is 2. The standard InChI is InChI=1S/C22H23N3O2/c1-15(2)25(21(26)13-16(3)17-9-5-4-6-10-17)14-20-23-19-12-8-7-11-18(19)22(27)24-20/h4-13,15H,14H2,1-3H3,(H,23,24,27). The predicted molar refractivity (Wildman–Crippen MR) is 108 cm³/mol. The fourth-order valence-electron chi connectivity index (χ4n) is 2.94. The number of nitrogens with one attached hydrogen (secondary N) is 1. The highest BCUT2D eigenvalue weighted by molar-refractivity contribution is 5.95. The van der Waals surface area contributed by atoms with Gasteiger partial charge in [0.2, 0.25) is 5.91 Å². The fraction of sp³-hybridized carbons (Fsp3) is 0.227. The first kappa shape index (κ1) is 18.6. The summed E-state index contributed by atoms with van der Waals surface area (Å²) in [5.74, 6) is 0.369. The largest absolute Gasteiger partial charge is 0.329 e. The molecule has 0 unspecified atom stereocenters. The van der Waals surface area contributed by atoms with Gasteiger partial charge in [-0.1, -0.05) is 42.5 Å². The van der Waals surface area contributed by atoms with E-state index in [1.807, 2.05) is 57.2 Å². The highest BCUT2D eigenvalue weighted by Crippen LogP contribution is 2.15. The van der Waals surface area contributed by atoms with Gasteiger partial charge in [0.1, 0.15) is 5.82 Å². The Labute approximate surface area is 158 Å². The zero-order valence-corrected chi connectivity index (χ0v) is 15.8. The lowest BCUT2D eigenvalue weighted by Crippen LogP contribution is -2.36. The average molecular weight is 361 g/mol. The zero-order chi connectivity index (χ0) is 19.4. The van der Waals surface area contributed by atoms with E-state index >= 15 is 0 Å². The molecule has 5 nitrogen and oxygen atoms in total. The molecule has 1 heterocycles. The summed E-state index contributed by atoms with van der Waals surface area (Å²) < 4.78 is 0. The van der Waals surface area contributed by atoms with Crippen LogP contribution in [0.5, 0.6) is 0 Å². The van der Waals surface area contributed by atoms with E-state index in [2.05, 4.69) is 9.97 Å². The molecule has 0 saturated heterocycles. The average Bonchev–Trinajstić information content (AvgIpc) is 2.66. The van der Waals surface area contributed by atoms with Gasteiger partial charge in [-0.25, -0.2) is 4.98 Å². The van der Waals surface area contributed by atoms with Gasteiger partial charge in [-0.3, -0.25) is 9.59 Å². The second-order valence-corrected chi connectivity index (χ2v) is 6.78. The summed E-state index contributed by atoms with van der Waals surface area (Å²) >= 11 is 0. The van der Waals surface area contributed by atoms with Crippen LogP contribution in [0.1, 0.15) is 32.2 Å². The molecule has 0 aliphatic heterocycles. The fourth-order valence-corrected chi connectivity index (χ4v) is 2.94. The van der Waals surface area contributed by atoms with Crippen molar-refractivity contribution in [1.29, 1.82) is 0 Å². The Morgan fingerprint density at radius 3 is 2.48 bits per heavy atom. The SMILES string of the molecule is CC(=CC(=O)N(Cc1nc2ccccc2c(=O)[nH]1)C(C)C)c1ccccc1. The maximum atomic E-state index is 12.9. The second kappa shape index (κ2) is 7.99. The molecule has 5 heteroatoms. The Kier molecular flexibility index (Phi) is 5.50. The van der Waals surface area contributed by atoms with Gasteiger partial charge in [-0.2, -0.15) is 0 Å². The van der Waals surface area contributed by atoms with Crippen molar-refractivity contribution in [2.24, 2.45) is 0 Å². The van der Waals surface area contributed by atoms with Crippen LogP contribution in [0.25, 0.3) is 16.5 Å². The summed E-state index contributed by atoms with van der Waals surface area (Å²) in [6.07, 6.45) is 1.63. The molecule has 0 bridgehead atoms.